The van der Waals surface area contributed by atoms with Gasteiger partial charge in [-0.05, 0) is 0 Å². The zero-order valence-corrected chi connectivity index (χ0v) is 6.29. The van der Waals surface area contributed by atoms with Crippen LogP contribution in [0.5, 0.6) is 0 Å². The largest absolute Gasteiger partial charge is 0.257 e. The van der Waals surface area contributed by atoms with Crippen LogP contribution < -0.4 is 0 Å². The molecule has 5 nitrogen and oxygen atoms in total. The Hall–Kier alpha value is -2.67. The van der Waals surface area contributed by atoms with E-state index in [1.165, 1.54) is 0 Å². The highest BCUT2D eigenvalue weighted by Crippen LogP contribution is 2.21. The second-order valence-corrected chi connectivity index (χ2v) is 2.02. The average Bonchev–Trinajstić information content (AvgIpc) is 2.54. The fourth-order valence-electron chi connectivity index (χ4n) is 0.849. The van der Waals surface area contributed by atoms with Crippen molar-refractivity contribution in [3.63, 3.8) is 0 Å². The number of allylic oxidation sites excluding steroid dienone is 2. The summed E-state index contributed by atoms with van der Waals surface area (Å²) in [5.74, 6) is 1.89. The highest BCUT2D eigenvalue weighted by molar-refractivity contribution is 6.18. The SMILES string of the molecule is N#CC1=NC(=C=N)C(C#N)=C1C#N. The fourth-order valence-corrected chi connectivity index (χ4v) is 0.849. The summed E-state index contributed by atoms with van der Waals surface area (Å²) < 4.78 is 0. The summed E-state index contributed by atoms with van der Waals surface area (Å²) in [5.41, 5.74) is -0.335. The topological polar surface area (TPSA) is 108 Å². The Morgan fingerprint density at radius 1 is 1.00 bits per heavy atom. The van der Waals surface area contributed by atoms with Crippen LogP contribution in [0.15, 0.2) is 21.8 Å². The summed E-state index contributed by atoms with van der Waals surface area (Å²) in [4.78, 5) is 3.58. The first kappa shape index (κ1) is 8.43. The van der Waals surface area contributed by atoms with E-state index < -0.39 is 0 Å². The molecule has 13 heavy (non-hydrogen) atoms. The molecule has 0 atom stereocenters. The summed E-state index contributed by atoms with van der Waals surface area (Å²) in [6.07, 6.45) is 0. The van der Waals surface area contributed by atoms with Gasteiger partial charge in [-0.2, -0.15) is 15.8 Å². The third kappa shape index (κ3) is 1.10. The molecule has 0 aromatic heterocycles. The van der Waals surface area contributed by atoms with E-state index in [9.17, 15) is 0 Å². The molecule has 1 heterocycles. The van der Waals surface area contributed by atoms with Crippen LogP contribution in [0.1, 0.15) is 0 Å². The molecule has 0 spiro atoms. The van der Waals surface area contributed by atoms with Gasteiger partial charge in [0.15, 0.2) is 5.71 Å². The molecule has 0 aliphatic carbocycles. The molecule has 0 fully saturated rings. The minimum absolute atomic E-state index is 0.0596. The van der Waals surface area contributed by atoms with Crippen molar-refractivity contribution in [2.75, 3.05) is 0 Å². The Kier molecular flexibility index (Phi) is 2.04. The third-order valence-electron chi connectivity index (χ3n) is 1.40. The van der Waals surface area contributed by atoms with Crippen LogP contribution in [0.25, 0.3) is 0 Å². The Balaban J connectivity index is 3.52. The van der Waals surface area contributed by atoms with Gasteiger partial charge in [0.25, 0.3) is 0 Å². The van der Waals surface area contributed by atoms with E-state index in [-0.39, 0.29) is 22.6 Å². The van der Waals surface area contributed by atoms with E-state index >= 15 is 0 Å². The number of rotatable bonds is 0. The van der Waals surface area contributed by atoms with Gasteiger partial charge in [0.2, 0.25) is 0 Å². The number of hydrogen-bond donors (Lipinski definition) is 1. The van der Waals surface area contributed by atoms with Gasteiger partial charge in [0.1, 0.15) is 35.1 Å². The maximum atomic E-state index is 8.60. The molecular weight excluding hydrogens is 166 g/mol. The molecule has 0 radical (unpaired) electrons. The van der Waals surface area contributed by atoms with E-state index in [4.69, 9.17) is 21.2 Å². The smallest absolute Gasteiger partial charge is 0.161 e. The van der Waals surface area contributed by atoms with Gasteiger partial charge in [-0.25, -0.2) is 4.99 Å². The third-order valence-corrected chi connectivity index (χ3v) is 1.40. The lowest BCUT2D eigenvalue weighted by molar-refractivity contribution is 1.39. The van der Waals surface area contributed by atoms with Gasteiger partial charge < -0.3 is 0 Å². The van der Waals surface area contributed by atoms with Crippen molar-refractivity contribution in [3.05, 3.63) is 16.8 Å². The molecule has 5 heteroatoms. The molecule has 58 valence electrons. The lowest BCUT2D eigenvalue weighted by atomic mass is 10.1. The maximum Gasteiger partial charge on any atom is 0.161 e. The first-order valence-corrected chi connectivity index (χ1v) is 3.12. The Bertz CT molecular complexity index is 494. The highest BCUT2D eigenvalue weighted by Gasteiger charge is 2.23. The van der Waals surface area contributed by atoms with Crippen LogP contribution in [0.2, 0.25) is 0 Å². The zero-order valence-electron chi connectivity index (χ0n) is 6.29. The zero-order chi connectivity index (χ0) is 9.84. The molecule has 0 unspecified atom stereocenters. The van der Waals surface area contributed by atoms with Crippen LogP contribution in [-0.2, 0) is 0 Å². The molecule has 1 aliphatic rings. The van der Waals surface area contributed by atoms with Crippen LogP contribution in [0, 0.1) is 39.4 Å². The van der Waals surface area contributed by atoms with Crippen molar-refractivity contribution in [1.29, 1.82) is 21.2 Å². The van der Waals surface area contributed by atoms with Crippen molar-refractivity contribution in [1.82, 2.24) is 0 Å². The van der Waals surface area contributed by atoms with Gasteiger partial charge in [-0.1, -0.05) is 0 Å². The standard InChI is InChI=1S/C8HN5/c9-1-5-6(2-10)8(4-12)13-7(5)3-11/h11H. The van der Waals surface area contributed by atoms with Crippen molar-refractivity contribution in [2.45, 2.75) is 0 Å². The van der Waals surface area contributed by atoms with Crippen molar-refractivity contribution >= 4 is 11.6 Å². The summed E-state index contributed by atoms with van der Waals surface area (Å²) in [5, 5.41) is 32.5. The first-order valence-electron chi connectivity index (χ1n) is 3.12. The monoisotopic (exact) mass is 167 g/mol. The van der Waals surface area contributed by atoms with Gasteiger partial charge >= 0.3 is 0 Å². The summed E-state index contributed by atoms with van der Waals surface area (Å²) >= 11 is 0. The molecule has 0 bridgehead atoms. The van der Waals surface area contributed by atoms with E-state index in [0.717, 1.165) is 0 Å². The number of nitrogens with zero attached hydrogens (tertiary/aromatic N) is 4. The number of nitriles is 3. The van der Waals surface area contributed by atoms with E-state index in [2.05, 4.69) is 4.99 Å². The fraction of sp³-hybridized carbons (Fsp3) is 0. The molecule has 0 saturated carbocycles. The van der Waals surface area contributed by atoms with Crippen molar-refractivity contribution in [3.8, 4) is 18.2 Å². The number of nitrogens with one attached hydrogen (secondary N) is 1. The Labute approximate surface area is 73.7 Å². The van der Waals surface area contributed by atoms with E-state index in [1.54, 1.807) is 18.2 Å². The van der Waals surface area contributed by atoms with Crippen LogP contribution in [-0.4, -0.2) is 11.6 Å². The highest BCUT2D eigenvalue weighted by atomic mass is 14.8. The normalized spacial score (nSPS) is 13.9. The Morgan fingerprint density at radius 3 is 2.00 bits per heavy atom. The van der Waals surface area contributed by atoms with E-state index in [0.29, 0.717) is 0 Å². The van der Waals surface area contributed by atoms with Gasteiger partial charge in [-0.3, -0.25) is 5.41 Å². The molecule has 0 aromatic rings. The molecule has 0 aromatic carbocycles. The summed E-state index contributed by atoms with van der Waals surface area (Å²) in [6, 6.07) is 5.06. The summed E-state index contributed by atoms with van der Waals surface area (Å²) in [6.45, 7) is 0. The summed E-state index contributed by atoms with van der Waals surface area (Å²) in [7, 11) is 0. The Morgan fingerprint density at radius 2 is 1.62 bits per heavy atom. The van der Waals surface area contributed by atoms with Crippen LogP contribution in [0.3, 0.4) is 0 Å². The molecule has 0 saturated heterocycles. The minimum Gasteiger partial charge on any atom is -0.257 e. The van der Waals surface area contributed by atoms with Crippen molar-refractivity contribution in [2.24, 2.45) is 4.99 Å². The van der Waals surface area contributed by atoms with E-state index in [1.807, 2.05) is 5.87 Å². The predicted octanol–water partition coefficient (Wildman–Crippen LogP) is 0.441. The second-order valence-electron chi connectivity index (χ2n) is 2.02. The molecule has 1 rings (SSSR count). The molecule has 0 amide bonds. The minimum atomic E-state index is -0.131. The lowest BCUT2D eigenvalue weighted by Gasteiger charge is -1.84. The van der Waals surface area contributed by atoms with Gasteiger partial charge in [0.05, 0.1) is 0 Å². The maximum absolute atomic E-state index is 8.60. The number of aliphatic imine (C=N–C) groups is 1. The average molecular weight is 167 g/mol. The first-order chi connectivity index (χ1) is 6.28. The van der Waals surface area contributed by atoms with Crippen LogP contribution >= 0.6 is 0 Å². The van der Waals surface area contributed by atoms with Gasteiger partial charge in [0, 0.05) is 5.87 Å². The predicted molar refractivity (Wildman–Crippen MR) is 42.5 cm³/mol. The molecule has 1 aliphatic heterocycles. The number of hydrogen-bond acceptors (Lipinski definition) is 5. The van der Waals surface area contributed by atoms with Gasteiger partial charge in [-0.15, -0.1) is 0 Å². The second kappa shape index (κ2) is 3.15. The lowest BCUT2D eigenvalue weighted by Crippen LogP contribution is -1.93. The van der Waals surface area contributed by atoms with Crippen LogP contribution in [0.4, 0.5) is 0 Å². The molecular formula is C8HN5. The quantitative estimate of drug-likeness (QED) is 0.528. The molecule has 1 N–H and O–H groups in total. The van der Waals surface area contributed by atoms with Crippen molar-refractivity contribution < 1.29 is 0 Å².